The molecule has 258 valence electrons. The molecule has 4 heteroatoms. The Kier molecular flexibility index (Phi) is 13.3. The molecule has 0 spiro atoms. The average Bonchev–Trinajstić information content (AvgIpc) is 3.48. The van der Waals surface area contributed by atoms with Crippen LogP contribution in [0, 0.1) is 59.3 Å². The zero-order valence-electron chi connectivity index (χ0n) is 30.4. The molecule has 0 unspecified atom stereocenters. The standard InChI is InChI=1S/C26H29N2S.3C7H7.Hf/c1-15-7-16(2)23(17(3)8-15)21-5-4-6-22-24(21)27-25(29-22)28-26-12-18-9-19(13-26)11-20(10-18)14-26;3*1-7-5-3-2-4-6-7;/h4-8,18-20H,9-14H2,1-3H3;3*2-6H,1H2;/q4*-1;+4. The molecule has 5 aromatic carbocycles. The Bertz CT molecular complexity index is 1820. The first-order chi connectivity index (χ1) is 24.2. The molecule has 0 N–H and O–H groups in total. The second-order valence-corrected chi connectivity index (χ2v) is 15.6. The van der Waals surface area contributed by atoms with Gasteiger partial charge in [0.2, 0.25) is 0 Å². The van der Waals surface area contributed by atoms with Crippen LogP contribution < -0.4 is 0 Å². The third-order valence-corrected chi connectivity index (χ3v) is 11.1. The smallest absolute Gasteiger partial charge is 0.450 e. The molecule has 10 rings (SSSR count). The minimum atomic E-state index is 0. The molecule has 4 bridgehead atoms. The number of aromatic nitrogens is 1. The van der Waals surface area contributed by atoms with Crippen molar-refractivity contribution in [2.24, 2.45) is 17.8 Å². The molecule has 6 aromatic rings. The fourth-order valence-electron chi connectivity index (χ4n) is 8.63. The van der Waals surface area contributed by atoms with E-state index in [4.69, 9.17) is 10.3 Å². The number of hydrogen-bond acceptors (Lipinski definition) is 2. The largest absolute Gasteiger partial charge is 4.00 e. The maximum absolute atomic E-state index is 5.39. The fraction of sp³-hybridized carbons (Fsp3) is 0.277. The number of fused-ring (bicyclic) bond motifs is 1. The van der Waals surface area contributed by atoms with Crippen LogP contribution in [0.1, 0.15) is 71.9 Å². The van der Waals surface area contributed by atoms with Crippen LogP contribution in [0.3, 0.4) is 0 Å². The van der Waals surface area contributed by atoms with Crippen molar-refractivity contribution in [3.05, 3.63) is 181 Å². The van der Waals surface area contributed by atoms with Gasteiger partial charge in [0.05, 0.1) is 0 Å². The summed E-state index contributed by atoms with van der Waals surface area (Å²) in [5.74, 6) is 2.77. The molecule has 0 atom stereocenters. The van der Waals surface area contributed by atoms with Gasteiger partial charge in [-0.2, -0.15) is 73.9 Å². The normalized spacial score (nSPS) is 20.7. The third-order valence-electron chi connectivity index (χ3n) is 10.2. The summed E-state index contributed by atoms with van der Waals surface area (Å²) in [5, 5.41) is 6.40. The van der Waals surface area contributed by atoms with Crippen molar-refractivity contribution in [3.63, 3.8) is 0 Å². The fourth-order valence-corrected chi connectivity index (χ4v) is 9.60. The summed E-state index contributed by atoms with van der Waals surface area (Å²) in [6.45, 7) is 17.8. The monoisotopic (exact) mass is 854 g/mol. The number of benzene rings is 5. The Morgan fingerprint density at radius 1 is 0.608 bits per heavy atom. The van der Waals surface area contributed by atoms with Gasteiger partial charge in [0, 0.05) is 4.70 Å². The topological polar surface area (TPSA) is 27.0 Å². The molecule has 4 fully saturated rings. The van der Waals surface area contributed by atoms with Gasteiger partial charge in [-0.15, -0.1) is 47.7 Å². The molecule has 1 aromatic heterocycles. The number of rotatable bonds is 3. The van der Waals surface area contributed by atoms with Crippen LogP contribution in [0.5, 0.6) is 0 Å². The van der Waals surface area contributed by atoms with E-state index in [9.17, 15) is 0 Å². The Labute approximate surface area is 329 Å². The van der Waals surface area contributed by atoms with Gasteiger partial charge >= 0.3 is 25.8 Å². The molecular weight excluding hydrogens is 803 g/mol. The van der Waals surface area contributed by atoms with Crippen LogP contribution in [0.2, 0.25) is 0 Å². The predicted molar refractivity (Wildman–Crippen MR) is 216 cm³/mol. The molecule has 0 radical (unpaired) electrons. The van der Waals surface area contributed by atoms with Crippen molar-refractivity contribution in [1.29, 1.82) is 0 Å². The minimum absolute atomic E-state index is 0. The quantitative estimate of drug-likeness (QED) is 0.129. The molecule has 2 nitrogen and oxygen atoms in total. The van der Waals surface area contributed by atoms with Gasteiger partial charge in [0.1, 0.15) is 0 Å². The number of hydrogen-bond donors (Lipinski definition) is 0. The van der Waals surface area contributed by atoms with Crippen molar-refractivity contribution in [3.8, 4) is 11.1 Å². The number of para-hydroxylation sites is 1. The van der Waals surface area contributed by atoms with E-state index in [2.05, 4.69) is 71.9 Å². The van der Waals surface area contributed by atoms with Crippen LogP contribution in [0.25, 0.3) is 26.7 Å². The molecule has 0 aliphatic heterocycles. The van der Waals surface area contributed by atoms with Crippen LogP contribution in [0.15, 0.2) is 121 Å². The molecule has 4 saturated carbocycles. The van der Waals surface area contributed by atoms with E-state index in [1.807, 2.05) is 91.0 Å². The van der Waals surface area contributed by atoms with E-state index in [-0.39, 0.29) is 31.4 Å². The summed E-state index contributed by atoms with van der Waals surface area (Å²) in [4.78, 5) is 5.12. The molecule has 51 heavy (non-hydrogen) atoms. The molecule has 4 aliphatic carbocycles. The summed E-state index contributed by atoms with van der Waals surface area (Å²) < 4.78 is 1.27. The predicted octanol–water partition coefficient (Wildman–Crippen LogP) is 13.5. The summed E-state index contributed by atoms with van der Waals surface area (Å²) >= 11 is 1.79. The van der Waals surface area contributed by atoms with Gasteiger partial charge < -0.3 is 10.3 Å². The zero-order chi connectivity index (χ0) is 35.1. The van der Waals surface area contributed by atoms with Gasteiger partial charge in [-0.05, 0) is 122 Å². The van der Waals surface area contributed by atoms with Gasteiger partial charge in [-0.1, -0.05) is 48.0 Å². The zero-order valence-corrected chi connectivity index (χ0v) is 34.9. The van der Waals surface area contributed by atoms with Crippen molar-refractivity contribution in [2.45, 2.75) is 64.8 Å². The SMILES string of the molecule is Cc1cc(C)c(-c2cccc3sc([N-]C45CC6CC(CC(C6)C4)C5)nc23)c(C)c1.[CH2-]c1ccccc1.[CH2-]c1ccccc1.[CH2-]c1ccccc1.[Hf+4]. The molecule has 1 heterocycles. The van der Waals surface area contributed by atoms with E-state index < -0.39 is 0 Å². The second kappa shape index (κ2) is 17.7. The minimum Gasteiger partial charge on any atom is -0.450 e. The number of thiazole rings is 1. The maximum Gasteiger partial charge on any atom is 4.00 e. The molecule has 0 saturated heterocycles. The van der Waals surface area contributed by atoms with Crippen molar-refractivity contribution in [1.82, 2.24) is 4.98 Å². The third kappa shape index (κ3) is 10.2. The first-order valence-electron chi connectivity index (χ1n) is 18.0. The summed E-state index contributed by atoms with van der Waals surface area (Å²) in [6.07, 6.45) is 8.30. The van der Waals surface area contributed by atoms with E-state index in [1.165, 1.54) is 71.0 Å². The first kappa shape index (κ1) is 38.5. The average molecular weight is 853 g/mol. The van der Waals surface area contributed by atoms with Crippen molar-refractivity contribution < 1.29 is 25.8 Å². The van der Waals surface area contributed by atoms with Crippen molar-refractivity contribution >= 4 is 26.7 Å². The molecule has 4 aliphatic rings. The maximum atomic E-state index is 5.39. The van der Waals surface area contributed by atoms with Crippen LogP contribution in [-0.2, 0) is 25.8 Å². The van der Waals surface area contributed by atoms with Gasteiger partial charge in [-0.25, -0.2) is 0 Å². The Morgan fingerprint density at radius 3 is 1.43 bits per heavy atom. The Morgan fingerprint density at radius 2 is 1.04 bits per heavy atom. The Hall–Kier alpha value is -3.73. The van der Waals surface area contributed by atoms with E-state index in [0.717, 1.165) is 45.1 Å². The summed E-state index contributed by atoms with van der Waals surface area (Å²) in [7, 11) is 0. The number of aryl methyl sites for hydroxylation is 3. The van der Waals surface area contributed by atoms with E-state index >= 15 is 0 Å². The van der Waals surface area contributed by atoms with Gasteiger partial charge in [0.25, 0.3) is 0 Å². The summed E-state index contributed by atoms with van der Waals surface area (Å²) in [6, 6.07) is 40.8. The van der Waals surface area contributed by atoms with E-state index in [0.29, 0.717) is 0 Å². The van der Waals surface area contributed by atoms with Crippen LogP contribution in [0.4, 0.5) is 5.13 Å². The van der Waals surface area contributed by atoms with E-state index in [1.54, 1.807) is 11.3 Å². The number of nitrogens with zero attached hydrogens (tertiary/aromatic N) is 2. The molecular formula is C47H50HfN2S. The van der Waals surface area contributed by atoms with Crippen LogP contribution >= 0.6 is 11.3 Å². The second-order valence-electron chi connectivity index (χ2n) is 14.6. The van der Waals surface area contributed by atoms with Crippen LogP contribution in [-0.4, -0.2) is 10.5 Å². The summed E-state index contributed by atoms with van der Waals surface area (Å²) in [5.41, 5.74) is 11.1. The Balaban J connectivity index is 0.000000185. The van der Waals surface area contributed by atoms with Gasteiger partial charge in [-0.3, -0.25) is 0 Å². The van der Waals surface area contributed by atoms with Gasteiger partial charge in [0.15, 0.2) is 0 Å². The first-order valence-corrected chi connectivity index (χ1v) is 18.8. The van der Waals surface area contributed by atoms with Crippen molar-refractivity contribution in [2.75, 3.05) is 0 Å². The molecule has 0 amide bonds.